The molecule has 0 radical (unpaired) electrons. The molecule has 0 saturated carbocycles. The molecular formula is C18H32K2N2O8S4. The van der Waals surface area contributed by atoms with E-state index in [9.17, 15) is 19.2 Å². The molecule has 0 aliphatic carbocycles. The topological polar surface area (TPSA) is 173 Å². The van der Waals surface area contributed by atoms with Gasteiger partial charge in [0.1, 0.15) is 0 Å². The monoisotopic (exact) mass is 610 g/mol. The normalized spacial score (nSPS) is 9.41. The first-order chi connectivity index (χ1) is 15.0. The van der Waals surface area contributed by atoms with Gasteiger partial charge in [-0.3, -0.25) is 19.2 Å². The van der Waals surface area contributed by atoms with E-state index in [2.05, 4.69) is 10.6 Å². The van der Waals surface area contributed by atoms with Crippen molar-refractivity contribution in [3.05, 3.63) is 0 Å². The molecule has 0 aromatic carbocycles. The maximum absolute atomic E-state index is 10.2. The first kappa shape index (κ1) is 42.7. The van der Waals surface area contributed by atoms with Crippen LogP contribution in [0.3, 0.4) is 0 Å². The average molecular weight is 611 g/mol. The molecule has 10 nitrogen and oxygen atoms in total. The molecule has 0 atom stereocenters. The largest absolute Gasteiger partial charge is 1.00 e. The van der Waals surface area contributed by atoms with Gasteiger partial charge in [-0.1, -0.05) is 37.3 Å². The Morgan fingerprint density at radius 2 is 0.824 bits per heavy atom. The average Bonchev–Trinajstić information content (AvgIpc) is 2.69. The summed E-state index contributed by atoms with van der Waals surface area (Å²) in [6, 6.07) is 0. The molecule has 188 valence electrons. The number of nitrogens with one attached hydrogen (secondary N) is 2. The van der Waals surface area contributed by atoms with Crippen molar-refractivity contribution in [2.24, 2.45) is 0 Å². The molecule has 0 aliphatic rings. The van der Waals surface area contributed by atoms with Crippen molar-refractivity contribution in [2.45, 2.75) is 51.4 Å². The third-order valence-electron chi connectivity index (χ3n) is 3.30. The second-order valence-electron chi connectivity index (χ2n) is 6.22. The van der Waals surface area contributed by atoms with E-state index in [1.807, 2.05) is 0 Å². The summed E-state index contributed by atoms with van der Waals surface area (Å²) < 4.78 is 1.30. The summed E-state index contributed by atoms with van der Waals surface area (Å²) in [5, 5.41) is 39.4. The maximum atomic E-state index is 10.2. The van der Waals surface area contributed by atoms with Gasteiger partial charge < -0.3 is 54.6 Å². The van der Waals surface area contributed by atoms with Crippen molar-refractivity contribution >= 4 is 80.5 Å². The zero-order chi connectivity index (χ0) is 24.8. The van der Waals surface area contributed by atoms with Crippen LogP contribution in [-0.4, -0.2) is 77.5 Å². The molecule has 0 rings (SSSR count). The number of carbonyl (C=O) groups is 4. The minimum Gasteiger partial charge on any atom is -0.481 e. The molecular weight excluding hydrogens is 579 g/mol. The number of carboxylic acids is 4. The smallest absolute Gasteiger partial charge is 0.481 e. The number of hydrogen-bond donors (Lipinski definition) is 6. The standard InChI is InChI=1S/2C9H16NO4S2.2K/c2*11-7(12)3-1-5-10-9(15)16-6-2-4-8(13)14;;/h2*16H,1-6H2,(H,10,15)(H,11,12)(H,13,14);;/q2*-1;2*+1. The molecule has 0 aromatic rings. The molecule has 0 fully saturated rings. The quantitative estimate of drug-likeness (QED) is 0.0323. The molecule has 0 aliphatic heterocycles. The molecule has 0 aromatic heterocycles. The zero-order valence-electron chi connectivity index (χ0n) is 19.6. The molecule has 34 heavy (non-hydrogen) atoms. The van der Waals surface area contributed by atoms with Crippen LogP contribution < -0.4 is 113 Å². The van der Waals surface area contributed by atoms with Crippen LogP contribution in [0.1, 0.15) is 51.4 Å². The van der Waals surface area contributed by atoms with Gasteiger partial charge in [0.25, 0.3) is 0 Å². The Kier molecular flexibility index (Phi) is 38.8. The van der Waals surface area contributed by atoms with Crippen molar-refractivity contribution in [3.63, 3.8) is 0 Å². The van der Waals surface area contributed by atoms with Gasteiger partial charge in [0.05, 0.1) is 0 Å². The van der Waals surface area contributed by atoms with Crippen molar-refractivity contribution < 1.29 is 142 Å². The van der Waals surface area contributed by atoms with Crippen molar-refractivity contribution in [1.29, 1.82) is 0 Å². The third kappa shape index (κ3) is 40.8. The number of rotatable bonds is 16. The van der Waals surface area contributed by atoms with Gasteiger partial charge in [-0.25, -0.2) is 0 Å². The molecule has 0 bridgehead atoms. The van der Waals surface area contributed by atoms with Crippen LogP contribution in [0.5, 0.6) is 0 Å². The Labute approximate surface area is 304 Å². The van der Waals surface area contributed by atoms with Crippen LogP contribution in [0.15, 0.2) is 0 Å². The van der Waals surface area contributed by atoms with Gasteiger partial charge in [-0.2, -0.15) is 0 Å². The van der Waals surface area contributed by atoms with Gasteiger partial charge >= 0.3 is 127 Å². The first-order valence-corrected chi connectivity index (χ1v) is 12.8. The Balaban J connectivity index is -0.000000250. The minimum absolute atomic E-state index is 0. The van der Waals surface area contributed by atoms with Gasteiger partial charge in [0.2, 0.25) is 0 Å². The summed E-state index contributed by atoms with van der Waals surface area (Å²) in [5.74, 6) is -1.78. The van der Waals surface area contributed by atoms with E-state index < -0.39 is 23.9 Å². The molecule has 0 saturated heterocycles. The fourth-order valence-corrected chi connectivity index (χ4v) is 4.04. The fourth-order valence-electron chi connectivity index (χ4n) is 1.80. The summed E-state index contributed by atoms with van der Waals surface area (Å²) in [5.41, 5.74) is 0. The van der Waals surface area contributed by atoms with Crippen LogP contribution >= 0.6 is 24.4 Å². The minimum atomic E-state index is -0.813. The Hall–Kier alpha value is 1.63. The summed E-state index contributed by atoms with van der Waals surface area (Å²) in [6.45, 7) is 1.11. The number of thiocarbonyl (C=S) groups is 2. The summed E-state index contributed by atoms with van der Waals surface area (Å²) in [6.07, 6.45) is 2.88. The van der Waals surface area contributed by atoms with Crippen LogP contribution in [0.25, 0.3) is 0 Å². The predicted molar refractivity (Wildman–Crippen MR) is 136 cm³/mol. The van der Waals surface area contributed by atoms with Gasteiger partial charge in [0.15, 0.2) is 0 Å². The zero-order valence-corrected chi connectivity index (χ0v) is 29.3. The Bertz CT molecular complexity index is 531. The predicted octanol–water partition coefficient (Wildman–Crippen LogP) is -5.18. The van der Waals surface area contributed by atoms with Crippen LogP contribution in [0.2, 0.25) is 0 Å². The summed E-state index contributed by atoms with van der Waals surface area (Å²) >= 11 is 11.8. The Morgan fingerprint density at radius 1 is 0.559 bits per heavy atom. The van der Waals surface area contributed by atoms with Gasteiger partial charge in [-0.15, -0.1) is 11.5 Å². The third-order valence-corrected chi connectivity index (χ3v) is 6.33. The van der Waals surface area contributed by atoms with E-state index in [-0.39, 0.29) is 128 Å². The van der Waals surface area contributed by atoms with Gasteiger partial charge in [0, 0.05) is 38.8 Å². The van der Waals surface area contributed by atoms with E-state index in [0.717, 1.165) is 35.0 Å². The number of aliphatic carboxylic acids is 4. The number of thiol groups is 2. The molecule has 6 N–H and O–H groups in total. The molecule has 0 amide bonds. The summed E-state index contributed by atoms with van der Waals surface area (Å²) in [4.78, 5) is 40.8. The van der Waals surface area contributed by atoms with Crippen LogP contribution in [0, 0.1) is 0 Å². The maximum Gasteiger partial charge on any atom is 1.00 e. The van der Waals surface area contributed by atoms with E-state index in [1.54, 1.807) is 0 Å². The molecule has 0 unspecified atom stereocenters. The SMILES string of the molecule is O=C(O)CCCNC(=S)[SH-]CCCC(=O)O.O=C(O)CCCNC(=S)[SH-]CCCC(=O)O.[K+].[K+]. The molecule has 0 heterocycles. The second-order valence-corrected chi connectivity index (χ2v) is 10.1. The summed E-state index contributed by atoms with van der Waals surface area (Å²) in [7, 11) is 0. The van der Waals surface area contributed by atoms with Gasteiger partial charge in [-0.05, 0) is 21.5 Å². The number of hydrogen-bond acceptors (Lipinski definition) is 8. The van der Waals surface area contributed by atoms with E-state index in [0.29, 0.717) is 47.4 Å². The van der Waals surface area contributed by atoms with E-state index >= 15 is 0 Å². The second kappa shape index (κ2) is 30.9. The van der Waals surface area contributed by atoms with E-state index in [4.69, 9.17) is 44.9 Å². The first-order valence-electron chi connectivity index (χ1n) is 9.82. The Morgan fingerprint density at radius 3 is 1.09 bits per heavy atom. The molecule has 16 heteroatoms. The number of carboxylic acid groups (broad SMARTS) is 4. The molecule has 0 spiro atoms. The van der Waals surface area contributed by atoms with Crippen LogP contribution in [-0.2, 0) is 42.7 Å². The fraction of sp³-hybridized carbons (Fsp3) is 0.667. The van der Waals surface area contributed by atoms with Crippen LogP contribution in [0.4, 0.5) is 0 Å². The van der Waals surface area contributed by atoms with E-state index in [1.165, 1.54) is 0 Å². The van der Waals surface area contributed by atoms with Crippen molar-refractivity contribution in [2.75, 3.05) is 24.6 Å². The van der Waals surface area contributed by atoms with Crippen molar-refractivity contribution in [3.8, 4) is 0 Å². The van der Waals surface area contributed by atoms with Crippen molar-refractivity contribution in [1.82, 2.24) is 10.6 Å².